The number of ether oxygens (including phenoxy) is 1. The normalized spacial score (nSPS) is 15.4. The van der Waals surface area contributed by atoms with E-state index in [0.717, 1.165) is 0 Å². The number of carbonyl (C=O) groups is 3. The van der Waals surface area contributed by atoms with Crippen molar-refractivity contribution in [2.75, 3.05) is 7.11 Å². The first-order chi connectivity index (χ1) is 9.06. The second-order valence-corrected chi connectivity index (χ2v) is 4.13. The van der Waals surface area contributed by atoms with Gasteiger partial charge in [-0.25, -0.2) is 4.79 Å². The van der Waals surface area contributed by atoms with Crippen LogP contribution in [0.4, 0.5) is 0 Å². The SMILES string of the molecule is COC(=O)C1=C(c2ccccc2)C(=O)C(C)=CC1=O. The molecule has 19 heavy (non-hydrogen) atoms. The molecule has 0 aromatic heterocycles. The van der Waals surface area contributed by atoms with Crippen LogP contribution in [0, 0.1) is 0 Å². The highest BCUT2D eigenvalue weighted by Gasteiger charge is 2.32. The fraction of sp³-hybridized carbons (Fsp3) is 0.133. The number of benzene rings is 1. The zero-order valence-corrected chi connectivity index (χ0v) is 10.6. The van der Waals surface area contributed by atoms with E-state index >= 15 is 0 Å². The second-order valence-electron chi connectivity index (χ2n) is 4.13. The van der Waals surface area contributed by atoms with E-state index in [1.807, 2.05) is 0 Å². The van der Waals surface area contributed by atoms with Gasteiger partial charge in [0, 0.05) is 11.1 Å². The lowest BCUT2D eigenvalue weighted by molar-refractivity contribution is -0.137. The van der Waals surface area contributed by atoms with E-state index in [0.29, 0.717) is 11.1 Å². The van der Waals surface area contributed by atoms with Gasteiger partial charge < -0.3 is 4.74 Å². The van der Waals surface area contributed by atoms with Crippen molar-refractivity contribution in [2.24, 2.45) is 0 Å². The number of ketones is 2. The number of allylic oxidation sites excluding steroid dienone is 3. The zero-order valence-electron chi connectivity index (χ0n) is 10.6. The average Bonchev–Trinajstić information content (AvgIpc) is 2.42. The number of rotatable bonds is 2. The summed E-state index contributed by atoms with van der Waals surface area (Å²) >= 11 is 0. The summed E-state index contributed by atoms with van der Waals surface area (Å²) in [6, 6.07) is 8.63. The van der Waals surface area contributed by atoms with Gasteiger partial charge >= 0.3 is 5.97 Å². The molecule has 96 valence electrons. The van der Waals surface area contributed by atoms with Crippen LogP contribution in [0.1, 0.15) is 12.5 Å². The summed E-state index contributed by atoms with van der Waals surface area (Å²) in [6.07, 6.45) is 1.17. The Morgan fingerprint density at radius 1 is 1.11 bits per heavy atom. The van der Waals surface area contributed by atoms with Crippen LogP contribution in [0.3, 0.4) is 0 Å². The van der Waals surface area contributed by atoms with Crippen molar-refractivity contribution in [2.45, 2.75) is 6.92 Å². The van der Waals surface area contributed by atoms with Crippen molar-refractivity contribution in [1.29, 1.82) is 0 Å². The van der Waals surface area contributed by atoms with Gasteiger partial charge in [0.05, 0.1) is 7.11 Å². The second kappa shape index (κ2) is 5.02. The van der Waals surface area contributed by atoms with Crippen LogP contribution in [-0.4, -0.2) is 24.6 Å². The maximum atomic E-state index is 12.2. The van der Waals surface area contributed by atoms with Crippen molar-refractivity contribution >= 4 is 23.1 Å². The third-order valence-electron chi connectivity index (χ3n) is 2.88. The van der Waals surface area contributed by atoms with Gasteiger partial charge in [-0.05, 0) is 18.6 Å². The van der Waals surface area contributed by atoms with E-state index in [2.05, 4.69) is 4.74 Å². The number of carbonyl (C=O) groups excluding carboxylic acids is 3. The zero-order chi connectivity index (χ0) is 14.0. The highest BCUT2D eigenvalue weighted by molar-refractivity contribution is 6.44. The standard InChI is InChI=1S/C15H12O4/c1-9-8-11(16)13(15(18)19-2)12(14(9)17)10-6-4-3-5-7-10/h3-8H,1-2H3. The van der Waals surface area contributed by atoms with Crippen LogP contribution >= 0.6 is 0 Å². The van der Waals surface area contributed by atoms with Crippen LogP contribution < -0.4 is 0 Å². The monoisotopic (exact) mass is 256 g/mol. The summed E-state index contributed by atoms with van der Waals surface area (Å²) in [6.45, 7) is 1.55. The Morgan fingerprint density at radius 3 is 2.32 bits per heavy atom. The molecule has 4 nitrogen and oxygen atoms in total. The summed E-state index contributed by atoms with van der Waals surface area (Å²) in [5, 5.41) is 0. The highest BCUT2D eigenvalue weighted by atomic mass is 16.5. The summed E-state index contributed by atoms with van der Waals surface area (Å²) in [7, 11) is 1.18. The van der Waals surface area contributed by atoms with Gasteiger partial charge in [0.15, 0.2) is 11.6 Å². The Kier molecular flexibility index (Phi) is 3.42. The molecule has 1 aromatic carbocycles. The highest BCUT2D eigenvalue weighted by Crippen LogP contribution is 2.28. The average molecular weight is 256 g/mol. The number of esters is 1. The Balaban J connectivity index is 2.69. The lowest BCUT2D eigenvalue weighted by atomic mass is 9.86. The first kappa shape index (κ1) is 13.0. The maximum Gasteiger partial charge on any atom is 0.342 e. The van der Waals surface area contributed by atoms with Gasteiger partial charge in [-0.1, -0.05) is 30.3 Å². The summed E-state index contributed by atoms with van der Waals surface area (Å²) < 4.78 is 4.60. The molecule has 0 spiro atoms. The minimum absolute atomic E-state index is 0.109. The van der Waals surface area contributed by atoms with E-state index in [-0.39, 0.29) is 16.9 Å². The summed E-state index contributed by atoms with van der Waals surface area (Å²) in [4.78, 5) is 35.9. The van der Waals surface area contributed by atoms with Crippen molar-refractivity contribution in [1.82, 2.24) is 0 Å². The fourth-order valence-electron chi connectivity index (χ4n) is 1.95. The van der Waals surface area contributed by atoms with E-state index in [1.54, 1.807) is 37.3 Å². The molecule has 0 saturated carbocycles. The van der Waals surface area contributed by atoms with Crippen LogP contribution in [-0.2, 0) is 19.1 Å². The fourth-order valence-corrected chi connectivity index (χ4v) is 1.95. The van der Waals surface area contributed by atoms with E-state index < -0.39 is 11.8 Å². The van der Waals surface area contributed by atoms with Crippen molar-refractivity contribution in [3.05, 3.63) is 53.1 Å². The van der Waals surface area contributed by atoms with Gasteiger partial charge in [0.2, 0.25) is 0 Å². The molecule has 1 aromatic rings. The van der Waals surface area contributed by atoms with Crippen LogP contribution in [0.5, 0.6) is 0 Å². The third kappa shape index (κ3) is 2.25. The minimum Gasteiger partial charge on any atom is -0.465 e. The first-order valence-corrected chi connectivity index (χ1v) is 5.71. The molecule has 0 bridgehead atoms. The predicted molar refractivity (Wildman–Crippen MR) is 69.1 cm³/mol. The molecule has 4 heteroatoms. The topological polar surface area (TPSA) is 60.4 Å². The van der Waals surface area contributed by atoms with Crippen LogP contribution in [0.2, 0.25) is 0 Å². The number of hydrogen-bond donors (Lipinski definition) is 0. The van der Waals surface area contributed by atoms with Crippen LogP contribution in [0.15, 0.2) is 47.6 Å². The van der Waals surface area contributed by atoms with Crippen molar-refractivity contribution < 1.29 is 19.1 Å². The van der Waals surface area contributed by atoms with Gasteiger partial charge in [-0.2, -0.15) is 0 Å². The molecule has 0 heterocycles. The predicted octanol–water partition coefficient (Wildman–Crippen LogP) is 1.71. The van der Waals surface area contributed by atoms with Crippen molar-refractivity contribution in [3.8, 4) is 0 Å². The van der Waals surface area contributed by atoms with E-state index in [4.69, 9.17) is 0 Å². The van der Waals surface area contributed by atoms with Crippen LogP contribution in [0.25, 0.3) is 5.57 Å². The summed E-state index contributed by atoms with van der Waals surface area (Å²) in [5.41, 5.74) is 0.756. The molecule has 0 aliphatic heterocycles. The molecule has 0 N–H and O–H groups in total. The van der Waals surface area contributed by atoms with E-state index in [1.165, 1.54) is 13.2 Å². The Bertz CT molecular complexity index is 621. The molecule has 2 rings (SSSR count). The van der Waals surface area contributed by atoms with Crippen molar-refractivity contribution in [3.63, 3.8) is 0 Å². The van der Waals surface area contributed by atoms with Gasteiger partial charge in [-0.15, -0.1) is 0 Å². The summed E-state index contributed by atoms with van der Waals surface area (Å²) in [5.74, 6) is -1.62. The molecule has 0 saturated heterocycles. The minimum atomic E-state index is -0.791. The Hall–Kier alpha value is -2.49. The van der Waals surface area contributed by atoms with Gasteiger partial charge in [0.25, 0.3) is 0 Å². The molecule has 1 aliphatic carbocycles. The largest absolute Gasteiger partial charge is 0.465 e. The Morgan fingerprint density at radius 2 is 1.74 bits per heavy atom. The molecular formula is C15H12O4. The molecule has 0 atom stereocenters. The number of Topliss-reactive ketones (excluding diaryl/α,β-unsaturated/α-hetero) is 1. The molecular weight excluding hydrogens is 244 g/mol. The van der Waals surface area contributed by atoms with Gasteiger partial charge in [0.1, 0.15) is 5.57 Å². The lowest BCUT2D eigenvalue weighted by Gasteiger charge is -2.16. The van der Waals surface area contributed by atoms with Gasteiger partial charge in [-0.3, -0.25) is 9.59 Å². The first-order valence-electron chi connectivity index (χ1n) is 5.71. The smallest absolute Gasteiger partial charge is 0.342 e. The molecule has 0 radical (unpaired) electrons. The molecule has 1 aliphatic rings. The Labute approximate surface area is 110 Å². The number of methoxy groups -OCH3 is 1. The molecule has 0 amide bonds. The van der Waals surface area contributed by atoms with E-state index in [9.17, 15) is 14.4 Å². The molecule has 0 fully saturated rings. The maximum absolute atomic E-state index is 12.2. The lowest BCUT2D eigenvalue weighted by Crippen LogP contribution is -2.23. The third-order valence-corrected chi connectivity index (χ3v) is 2.88. The number of hydrogen-bond acceptors (Lipinski definition) is 4. The molecule has 0 unspecified atom stereocenters. The quantitative estimate of drug-likeness (QED) is 0.459.